The molecule has 0 radical (unpaired) electrons. The van der Waals surface area contributed by atoms with Crippen molar-refractivity contribution in [3.05, 3.63) is 80.4 Å². The van der Waals surface area contributed by atoms with Gasteiger partial charge in [-0.1, -0.05) is 24.1 Å². The number of ether oxygens (including phenoxy) is 2. The molecule has 0 saturated heterocycles. The predicted octanol–water partition coefficient (Wildman–Crippen LogP) is 1.46. The molecular formula is C19H15FN2O5. The Balaban J connectivity index is 1.82. The van der Waals surface area contributed by atoms with Crippen molar-refractivity contribution >= 4 is 5.97 Å². The molecule has 2 heterocycles. The number of carbonyl (C=O) groups is 1. The first-order valence-electron chi connectivity index (χ1n) is 7.94. The highest BCUT2D eigenvalue weighted by atomic mass is 19.1. The molecule has 8 heteroatoms. The average molecular weight is 370 g/mol. The lowest BCUT2D eigenvalue weighted by Gasteiger charge is -2.24. The SMILES string of the molecule is C#C[C@@]1(COC(=O)c2ccccc2)O[C@@H](n2cc(C)c(=O)[nH]c2=O)C=C1F. The van der Waals surface area contributed by atoms with Crippen LogP contribution in [0.1, 0.15) is 22.1 Å². The molecule has 1 N–H and O–H groups in total. The number of nitrogens with one attached hydrogen (secondary N) is 1. The van der Waals surface area contributed by atoms with Crippen LogP contribution in [0, 0.1) is 19.3 Å². The molecule has 0 fully saturated rings. The lowest BCUT2D eigenvalue weighted by molar-refractivity contribution is -0.0677. The molecule has 1 aliphatic heterocycles. The minimum absolute atomic E-state index is 0.237. The van der Waals surface area contributed by atoms with Crippen molar-refractivity contribution in [1.29, 1.82) is 0 Å². The van der Waals surface area contributed by atoms with E-state index < -0.39 is 41.5 Å². The van der Waals surface area contributed by atoms with Crippen molar-refractivity contribution in [2.24, 2.45) is 0 Å². The van der Waals surface area contributed by atoms with Crippen LogP contribution >= 0.6 is 0 Å². The Bertz CT molecular complexity index is 1060. The Morgan fingerprint density at radius 3 is 2.78 bits per heavy atom. The van der Waals surface area contributed by atoms with Crippen LogP contribution < -0.4 is 11.2 Å². The Labute approximate surface area is 153 Å². The lowest BCUT2D eigenvalue weighted by atomic mass is 10.1. The van der Waals surface area contributed by atoms with Gasteiger partial charge in [0.05, 0.1) is 5.56 Å². The van der Waals surface area contributed by atoms with E-state index in [0.717, 1.165) is 10.6 Å². The van der Waals surface area contributed by atoms with Crippen molar-refractivity contribution in [2.75, 3.05) is 6.61 Å². The third-order valence-electron chi connectivity index (χ3n) is 4.07. The van der Waals surface area contributed by atoms with E-state index in [2.05, 4.69) is 10.9 Å². The third-order valence-corrected chi connectivity index (χ3v) is 4.07. The van der Waals surface area contributed by atoms with Crippen LogP contribution in [0.5, 0.6) is 0 Å². The molecule has 1 aliphatic rings. The van der Waals surface area contributed by atoms with Gasteiger partial charge in [0.2, 0.25) is 5.60 Å². The summed E-state index contributed by atoms with van der Waals surface area (Å²) >= 11 is 0. The van der Waals surface area contributed by atoms with Crippen molar-refractivity contribution in [1.82, 2.24) is 9.55 Å². The molecule has 0 aliphatic carbocycles. The van der Waals surface area contributed by atoms with Gasteiger partial charge in [-0.2, -0.15) is 0 Å². The van der Waals surface area contributed by atoms with Gasteiger partial charge in [0.15, 0.2) is 6.23 Å². The summed E-state index contributed by atoms with van der Waals surface area (Å²) in [6.07, 6.45) is 6.46. The number of aryl methyl sites for hydroxylation is 1. The number of H-pyrrole nitrogens is 1. The average Bonchev–Trinajstić information content (AvgIpc) is 3.00. The highest BCUT2D eigenvalue weighted by molar-refractivity contribution is 5.89. The summed E-state index contributed by atoms with van der Waals surface area (Å²) in [5, 5.41) is 0. The van der Waals surface area contributed by atoms with E-state index in [1.54, 1.807) is 18.2 Å². The maximum atomic E-state index is 14.6. The number of esters is 1. The minimum Gasteiger partial charge on any atom is -0.457 e. The molecule has 7 nitrogen and oxygen atoms in total. The van der Waals surface area contributed by atoms with Gasteiger partial charge in [0.25, 0.3) is 5.56 Å². The molecule has 0 amide bonds. The van der Waals surface area contributed by atoms with Crippen LogP contribution in [0.4, 0.5) is 4.39 Å². The first-order chi connectivity index (χ1) is 12.9. The predicted molar refractivity (Wildman–Crippen MR) is 93.7 cm³/mol. The second kappa shape index (κ2) is 7.05. The second-order valence-corrected chi connectivity index (χ2v) is 5.92. The number of rotatable bonds is 4. The van der Waals surface area contributed by atoms with Gasteiger partial charge in [-0.05, 0) is 19.1 Å². The number of carbonyl (C=O) groups excluding carboxylic acids is 1. The first-order valence-corrected chi connectivity index (χ1v) is 7.94. The molecule has 0 saturated carbocycles. The van der Waals surface area contributed by atoms with E-state index in [9.17, 15) is 18.8 Å². The molecule has 2 aromatic rings. The first kappa shape index (κ1) is 18.4. The number of nitrogens with zero attached hydrogens (tertiary/aromatic N) is 1. The fourth-order valence-electron chi connectivity index (χ4n) is 2.54. The molecule has 0 unspecified atom stereocenters. The number of aromatic amines is 1. The number of terminal acetylenes is 1. The zero-order valence-electron chi connectivity index (χ0n) is 14.3. The Morgan fingerprint density at radius 2 is 2.11 bits per heavy atom. The summed E-state index contributed by atoms with van der Waals surface area (Å²) in [6.45, 7) is 0.910. The van der Waals surface area contributed by atoms with Gasteiger partial charge in [-0.15, -0.1) is 6.42 Å². The highest BCUT2D eigenvalue weighted by Crippen LogP contribution is 2.36. The summed E-state index contributed by atoms with van der Waals surface area (Å²) in [5.41, 5.74) is -2.79. The van der Waals surface area contributed by atoms with Gasteiger partial charge in [-0.3, -0.25) is 14.3 Å². The smallest absolute Gasteiger partial charge is 0.338 e. The molecule has 2 atom stereocenters. The maximum absolute atomic E-state index is 14.6. The van der Waals surface area contributed by atoms with Gasteiger partial charge >= 0.3 is 11.7 Å². The van der Waals surface area contributed by atoms with Crippen LogP contribution in [0.25, 0.3) is 0 Å². The quantitative estimate of drug-likeness (QED) is 0.650. The normalized spacial score (nSPS) is 21.4. The number of hydrogen-bond acceptors (Lipinski definition) is 5. The molecule has 1 aromatic carbocycles. The highest BCUT2D eigenvalue weighted by Gasteiger charge is 2.45. The van der Waals surface area contributed by atoms with E-state index in [0.29, 0.717) is 0 Å². The summed E-state index contributed by atoms with van der Waals surface area (Å²) in [5.74, 6) is 0.588. The minimum atomic E-state index is -1.96. The fraction of sp³-hybridized carbons (Fsp3) is 0.211. The van der Waals surface area contributed by atoms with E-state index in [-0.39, 0.29) is 11.1 Å². The number of aromatic nitrogens is 2. The Kier molecular flexibility index (Phi) is 4.79. The monoisotopic (exact) mass is 370 g/mol. The number of hydrogen-bond donors (Lipinski definition) is 1. The summed E-state index contributed by atoms with van der Waals surface area (Å²) < 4.78 is 26.2. The van der Waals surface area contributed by atoms with Crippen LogP contribution in [0.3, 0.4) is 0 Å². The molecule has 1 aromatic heterocycles. The number of halogens is 1. The van der Waals surface area contributed by atoms with Crippen molar-refractivity contribution < 1.29 is 18.7 Å². The molecule has 3 rings (SSSR count). The van der Waals surface area contributed by atoms with E-state index in [1.165, 1.54) is 25.3 Å². The second-order valence-electron chi connectivity index (χ2n) is 5.92. The molecule has 138 valence electrons. The van der Waals surface area contributed by atoms with Crippen LogP contribution in [-0.4, -0.2) is 27.7 Å². The van der Waals surface area contributed by atoms with E-state index in [4.69, 9.17) is 15.9 Å². The molecule has 27 heavy (non-hydrogen) atoms. The Hall–Kier alpha value is -3.44. The van der Waals surface area contributed by atoms with Crippen molar-refractivity contribution in [3.8, 4) is 12.3 Å². The zero-order valence-corrected chi connectivity index (χ0v) is 14.3. The largest absolute Gasteiger partial charge is 0.457 e. The summed E-state index contributed by atoms with van der Waals surface area (Å²) in [7, 11) is 0. The van der Waals surface area contributed by atoms with Gasteiger partial charge in [-0.25, -0.2) is 14.0 Å². The number of benzene rings is 1. The lowest BCUT2D eigenvalue weighted by Crippen LogP contribution is -2.39. The van der Waals surface area contributed by atoms with Gasteiger partial charge in [0.1, 0.15) is 12.4 Å². The van der Waals surface area contributed by atoms with Gasteiger partial charge < -0.3 is 9.47 Å². The van der Waals surface area contributed by atoms with Crippen LogP contribution in [0.2, 0.25) is 0 Å². The molecular weight excluding hydrogens is 355 g/mol. The maximum Gasteiger partial charge on any atom is 0.338 e. The van der Waals surface area contributed by atoms with E-state index >= 15 is 0 Å². The zero-order chi connectivity index (χ0) is 19.6. The van der Waals surface area contributed by atoms with Crippen LogP contribution in [-0.2, 0) is 9.47 Å². The summed E-state index contributed by atoms with van der Waals surface area (Å²) in [4.78, 5) is 37.6. The third kappa shape index (κ3) is 3.45. The van der Waals surface area contributed by atoms with Gasteiger partial charge in [0, 0.05) is 17.8 Å². The fourth-order valence-corrected chi connectivity index (χ4v) is 2.54. The van der Waals surface area contributed by atoms with Crippen molar-refractivity contribution in [2.45, 2.75) is 18.8 Å². The Morgan fingerprint density at radius 1 is 1.41 bits per heavy atom. The standard InChI is InChI=1S/C19H15FN2O5/c1-3-19(11-26-17(24)13-7-5-4-6-8-13)14(20)9-15(27-19)22-10-12(2)16(23)21-18(22)25/h1,4-10,15H,11H2,2H3,(H,21,23,25)/t15-,19+/m1/s1. The van der Waals surface area contributed by atoms with Crippen LogP contribution in [0.15, 0.2) is 58.0 Å². The molecule has 0 spiro atoms. The van der Waals surface area contributed by atoms with E-state index in [1.807, 2.05) is 0 Å². The summed E-state index contributed by atoms with van der Waals surface area (Å²) in [6, 6.07) is 8.12. The molecule has 0 bridgehead atoms. The van der Waals surface area contributed by atoms with Crippen molar-refractivity contribution in [3.63, 3.8) is 0 Å². The topological polar surface area (TPSA) is 90.4 Å².